The molecule has 0 aromatic carbocycles. The van der Waals surface area contributed by atoms with E-state index in [1.165, 1.54) is 19.4 Å². The fourth-order valence-corrected chi connectivity index (χ4v) is 2.33. The smallest absolute Gasteiger partial charge is 0.329 e. The molecule has 1 aromatic heterocycles. The number of hydrogen-bond acceptors (Lipinski definition) is 4. The quantitative estimate of drug-likeness (QED) is 0.538. The van der Waals surface area contributed by atoms with E-state index >= 15 is 0 Å². The lowest BCUT2D eigenvalue weighted by atomic mass is 10.0. The van der Waals surface area contributed by atoms with Crippen LogP contribution in [0.5, 0.6) is 0 Å². The van der Waals surface area contributed by atoms with Gasteiger partial charge in [0.15, 0.2) is 5.82 Å². The van der Waals surface area contributed by atoms with E-state index in [4.69, 9.17) is 9.47 Å². The zero-order valence-electron chi connectivity index (χ0n) is 15.0. The van der Waals surface area contributed by atoms with Gasteiger partial charge < -0.3 is 9.47 Å². The van der Waals surface area contributed by atoms with Gasteiger partial charge in [-0.05, 0) is 50.3 Å². The lowest BCUT2D eigenvalue weighted by molar-refractivity contribution is -0.147. The van der Waals surface area contributed by atoms with Gasteiger partial charge in [-0.25, -0.2) is 9.18 Å². The van der Waals surface area contributed by atoms with Gasteiger partial charge in [0.25, 0.3) is 5.56 Å². The Bertz CT molecular complexity index is 649. The molecule has 0 aliphatic carbocycles. The molecule has 0 spiro atoms. The number of rotatable bonds is 8. The molecule has 0 aliphatic rings. The number of ether oxygens (including phenoxy) is 2. The molecule has 0 N–H and O–H groups in total. The number of halogens is 1. The third-order valence-corrected chi connectivity index (χ3v) is 3.56. The van der Waals surface area contributed by atoms with Crippen molar-refractivity contribution in [2.75, 3.05) is 13.2 Å². The second-order valence-electron chi connectivity index (χ2n) is 5.89. The lowest BCUT2D eigenvalue weighted by Crippen LogP contribution is -2.34. The predicted octanol–water partition coefficient (Wildman–Crippen LogP) is 3.45. The summed E-state index contributed by atoms with van der Waals surface area (Å²) >= 11 is 0. The second-order valence-corrected chi connectivity index (χ2v) is 5.89. The van der Waals surface area contributed by atoms with E-state index in [-0.39, 0.29) is 18.1 Å². The molecule has 5 nitrogen and oxygen atoms in total. The average molecular weight is 339 g/mol. The van der Waals surface area contributed by atoms with Gasteiger partial charge in [-0.3, -0.25) is 9.36 Å². The van der Waals surface area contributed by atoms with Gasteiger partial charge >= 0.3 is 5.97 Å². The Morgan fingerprint density at radius 2 is 2.00 bits per heavy atom. The summed E-state index contributed by atoms with van der Waals surface area (Å²) in [5.41, 5.74) is -0.113. The maximum atomic E-state index is 14.3. The third-order valence-electron chi connectivity index (χ3n) is 3.56. The van der Waals surface area contributed by atoms with Crippen LogP contribution in [0, 0.1) is 18.7 Å². The first-order chi connectivity index (χ1) is 11.3. The first-order valence-electron chi connectivity index (χ1n) is 8.19. The van der Waals surface area contributed by atoms with Gasteiger partial charge in [0.1, 0.15) is 6.04 Å². The van der Waals surface area contributed by atoms with Crippen molar-refractivity contribution in [3.8, 4) is 0 Å². The Balaban J connectivity index is 3.41. The molecule has 6 heteroatoms. The minimum absolute atomic E-state index is 0.137. The summed E-state index contributed by atoms with van der Waals surface area (Å²) in [7, 11) is 0. The van der Waals surface area contributed by atoms with E-state index in [1.54, 1.807) is 13.0 Å². The van der Waals surface area contributed by atoms with Crippen LogP contribution in [0.2, 0.25) is 0 Å². The standard InChI is InChI=1S/C18H26FNO4/c1-6-23-9-8-14-11-20(17(21)16(19)13(14)5)15(10-12(3)4)18(22)24-7-2/h8-9,11-12,15H,6-7,10H2,1-5H3/b9-8+. The first-order valence-corrected chi connectivity index (χ1v) is 8.19. The summed E-state index contributed by atoms with van der Waals surface area (Å²) in [6.07, 6.45) is 4.89. The van der Waals surface area contributed by atoms with Crippen molar-refractivity contribution in [1.82, 2.24) is 4.57 Å². The summed E-state index contributed by atoms with van der Waals surface area (Å²) in [6, 6.07) is -0.855. The van der Waals surface area contributed by atoms with Crippen LogP contribution in [0.15, 0.2) is 17.3 Å². The van der Waals surface area contributed by atoms with Crippen LogP contribution in [-0.4, -0.2) is 23.8 Å². The molecule has 0 saturated carbocycles. The minimum Gasteiger partial charge on any atom is -0.501 e. The van der Waals surface area contributed by atoms with Crippen LogP contribution in [0.4, 0.5) is 4.39 Å². The summed E-state index contributed by atoms with van der Waals surface area (Å²) in [5, 5.41) is 0. The summed E-state index contributed by atoms with van der Waals surface area (Å²) in [4.78, 5) is 24.6. The maximum Gasteiger partial charge on any atom is 0.329 e. The Morgan fingerprint density at radius 3 is 2.54 bits per heavy atom. The van der Waals surface area contributed by atoms with Gasteiger partial charge in [0, 0.05) is 6.20 Å². The van der Waals surface area contributed by atoms with Crippen molar-refractivity contribution >= 4 is 12.0 Å². The van der Waals surface area contributed by atoms with Crippen molar-refractivity contribution in [2.45, 2.75) is 47.1 Å². The second kappa shape index (κ2) is 9.25. The number of nitrogens with zero attached hydrogens (tertiary/aromatic N) is 1. The molecule has 1 rings (SSSR count). The molecule has 0 aliphatic heterocycles. The summed E-state index contributed by atoms with van der Waals surface area (Å²) in [5.74, 6) is -1.26. The molecule has 24 heavy (non-hydrogen) atoms. The number of esters is 1. The van der Waals surface area contributed by atoms with Gasteiger partial charge in [-0.15, -0.1) is 0 Å². The molecule has 0 saturated heterocycles. The van der Waals surface area contributed by atoms with Crippen LogP contribution in [-0.2, 0) is 14.3 Å². The molecule has 0 amide bonds. The highest BCUT2D eigenvalue weighted by atomic mass is 19.1. The zero-order valence-corrected chi connectivity index (χ0v) is 15.0. The van der Waals surface area contributed by atoms with Crippen LogP contribution in [0.25, 0.3) is 6.08 Å². The van der Waals surface area contributed by atoms with E-state index in [0.717, 1.165) is 4.57 Å². The van der Waals surface area contributed by atoms with Gasteiger partial charge in [0.2, 0.25) is 0 Å². The molecule has 0 bridgehead atoms. The monoisotopic (exact) mass is 339 g/mol. The maximum absolute atomic E-state index is 14.3. The van der Waals surface area contributed by atoms with Crippen molar-refractivity contribution in [1.29, 1.82) is 0 Å². The topological polar surface area (TPSA) is 57.5 Å². The Labute approximate surface area is 142 Å². The highest BCUT2D eigenvalue weighted by Gasteiger charge is 2.26. The lowest BCUT2D eigenvalue weighted by Gasteiger charge is -2.21. The molecule has 0 radical (unpaired) electrons. The first kappa shape index (κ1) is 19.9. The minimum atomic E-state index is -0.869. The van der Waals surface area contributed by atoms with Crippen molar-refractivity contribution in [3.05, 3.63) is 39.8 Å². The average Bonchev–Trinajstić information content (AvgIpc) is 2.53. The van der Waals surface area contributed by atoms with Gasteiger partial charge in [-0.1, -0.05) is 13.8 Å². The molecule has 0 fully saturated rings. The van der Waals surface area contributed by atoms with Crippen LogP contribution in [0.3, 0.4) is 0 Å². The van der Waals surface area contributed by atoms with Crippen LogP contribution < -0.4 is 5.56 Å². The van der Waals surface area contributed by atoms with Crippen LogP contribution >= 0.6 is 0 Å². The molecule has 1 unspecified atom stereocenters. The number of hydrogen-bond donors (Lipinski definition) is 0. The van der Waals surface area contributed by atoms with Gasteiger partial charge in [-0.2, -0.15) is 0 Å². The highest BCUT2D eigenvalue weighted by molar-refractivity contribution is 5.74. The molecule has 134 valence electrons. The fraction of sp³-hybridized carbons (Fsp3) is 0.556. The molecular formula is C18H26FNO4. The van der Waals surface area contributed by atoms with Crippen molar-refractivity contribution < 1.29 is 18.7 Å². The van der Waals surface area contributed by atoms with E-state index in [2.05, 4.69) is 0 Å². The number of carbonyl (C=O) groups is 1. The van der Waals surface area contributed by atoms with Gasteiger partial charge in [0.05, 0.1) is 19.5 Å². The molecular weight excluding hydrogens is 313 g/mol. The number of aromatic nitrogens is 1. The highest BCUT2D eigenvalue weighted by Crippen LogP contribution is 2.21. The SMILES string of the molecule is CCO/C=C/c1cn(C(CC(C)C)C(=O)OCC)c(=O)c(F)c1C. The zero-order chi connectivity index (χ0) is 18.3. The Kier molecular flexibility index (Phi) is 7.68. The largest absolute Gasteiger partial charge is 0.501 e. The van der Waals surface area contributed by atoms with Crippen molar-refractivity contribution in [3.63, 3.8) is 0 Å². The predicted molar refractivity (Wildman–Crippen MR) is 91.2 cm³/mol. The normalized spacial score (nSPS) is 12.6. The number of pyridine rings is 1. The third kappa shape index (κ3) is 4.94. The van der Waals surface area contributed by atoms with Crippen LogP contribution in [0.1, 0.15) is 51.3 Å². The van der Waals surface area contributed by atoms with E-state index in [1.807, 2.05) is 20.8 Å². The summed E-state index contributed by atoms with van der Waals surface area (Å²) in [6.45, 7) is 9.59. The number of carbonyl (C=O) groups excluding carboxylic acids is 1. The van der Waals surface area contributed by atoms with Crippen molar-refractivity contribution in [2.24, 2.45) is 5.92 Å². The van der Waals surface area contributed by atoms with E-state index in [0.29, 0.717) is 18.6 Å². The fourth-order valence-electron chi connectivity index (χ4n) is 2.33. The Hall–Kier alpha value is -2.11. The van der Waals surface area contributed by atoms with E-state index < -0.39 is 23.4 Å². The molecule has 1 heterocycles. The Morgan fingerprint density at radius 1 is 1.33 bits per heavy atom. The molecule has 1 aromatic rings. The molecule has 1 atom stereocenters. The summed E-state index contributed by atoms with van der Waals surface area (Å²) < 4.78 is 25.7. The van der Waals surface area contributed by atoms with E-state index in [9.17, 15) is 14.0 Å².